The van der Waals surface area contributed by atoms with Crippen molar-refractivity contribution in [1.82, 2.24) is 9.38 Å². The predicted octanol–water partition coefficient (Wildman–Crippen LogP) is 3.99. The minimum absolute atomic E-state index is 0.00723. The zero-order chi connectivity index (χ0) is 16.9. The number of pyridine rings is 1. The van der Waals surface area contributed by atoms with Crippen LogP contribution in [0.4, 0.5) is 15.9 Å². The average molecular weight is 326 g/mol. The van der Waals surface area contributed by atoms with Gasteiger partial charge in [0.15, 0.2) is 5.82 Å². The van der Waals surface area contributed by atoms with Crippen molar-refractivity contribution in [2.24, 2.45) is 10.2 Å². The molecule has 0 bridgehead atoms. The summed E-state index contributed by atoms with van der Waals surface area (Å²) in [5.41, 5.74) is 1.64. The van der Waals surface area contributed by atoms with Crippen molar-refractivity contribution in [3.63, 3.8) is 0 Å². The highest BCUT2D eigenvalue weighted by Crippen LogP contribution is 2.25. The third kappa shape index (κ3) is 3.45. The van der Waals surface area contributed by atoms with Crippen molar-refractivity contribution in [2.45, 2.75) is 13.3 Å². The van der Waals surface area contributed by atoms with Crippen LogP contribution in [0.2, 0.25) is 0 Å². The minimum atomic E-state index is -0.376. The molecule has 0 amide bonds. The number of rotatable bonds is 5. The molecule has 1 aromatic carbocycles. The van der Waals surface area contributed by atoms with Crippen LogP contribution in [0.1, 0.15) is 12.6 Å². The van der Waals surface area contributed by atoms with Crippen LogP contribution >= 0.6 is 0 Å². The van der Waals surface area contributed by atoms with Crippen LogP contribution in [0.3, 0.4) is 0 Å². The number of benzene rings is 1. The van der Waals surface area contributed by atoms with Gasteiger partial charge in [0.2, 0.25) is 0 Å². The molecule has 0 aliphatic rings. The Morgan fingerprint density at radius 3 is 2.75 bits per heavy atom. The van der Waals surface area contributed by atoms with Gasteiger partial charge in [0.05, 0.1) is 24.4 Å². The van der Waals surface area contributed by atoms with Crippen molar-refractivity contribution in [3.8, 4) is 0 Å². The lowest BCUT2D eigenvalue weighted by atomic mass is 10.3. The number of hydrogen-bond acceptors (Lipinski definition) is 5. The number of esters is 1. The maximum atomic E-state index is 13.0. The lowest BCUT2D eigenvalue weighted by Crippen LogP contribution is -2.07. The lowest BCUT2D eigenvalue weighted by molar-refractivity contribution is -0.142. The van der Waals surface area contributed by atoms with Crippen LogP contribution in [-0.2, 0) is 16.0 Å². The maximum Gasteiger partial charge on any atom is 0.312 e. The van der Waals surface area contributed by atoms with E-state index in [0.29, 0.717) is 29.5 Å². The summed E-state index contributed by atoms with van der Waals surface area (Å²) >= 11 is 0. The Labute approximate surface area is 137 Å². The molecule has 0 spiro atoms. The van der Waals surface area contributed by atoms with Gasteiger partial charge in [-0.2, -0.15) is 0 Å². The first-order valence-corrected chi connectivity index (χ1v) is 7.46. The SMILES string of the molecule is CCOC(=O)Cc1nc2ccccn2c1N=Nc1ccc(F)cc1. The van der Waals surface area contributed by atoms with Crippen LogP contribution in [0.15, 0.2) is 58.9 Å². The Hall–Kier alpha value is -3.09. The molecule has 0 fully saturated rings. The summed E-state index contributed by atoms with van der Waals surface area (Å²) in [6.45, 7) is 2.05. The molecule has 3 aromatic rings. The van der Waals surface area contributed by atoms with E-state index in [4.69, 9.17) is 4.74 Å². The van der Waals surface area contributed by atoms with Crippen molar-refractivity contribution < 1.29 is 13.9 Å². The third-order valence-corrected chi connectivity index (χ3v) is 3.28. The zero-order valence-corrected chi connectivity index (χ0v) is 13.0. The fraction of sp³-hybridized carbons (Fsp3) is 0.176. The molecular weight excluding hydrogens is 311 g/mol. The Balaban J connectivity index is 1.97. The lowest BCUT2D eigenvalue weighted by Gasteiger charge is -2.00. The second kappa shape index (κ2) is 6.99. The van der Waals surface area contributed by atoms with Gasteiger partial charge >= 0.3 is 5.97 Å². The predicted molar refractivity (Wildman–Crippen MR) is 86.1 cm³/mol. The van der Waals surface area contributed by atoms with Crippen molar-refractivity contribution in [2.75, 3.05) is 6.61 Å². The monoisotopic (exact) mass is 326 g/mol. The molecule has 7 heteroatoms. The smallest absolute Gasteiger partial charge is 0.312 e. The number of carbonyl (C=O) groups is 1. The molecule has 0 atom stereocenters. The minimum Gasteiger partial charge on any atom is -0.466 e. The van der Waals surface area contributed by atoms with Gasteiger partial charge in [0.25, 0.3) is 0 Å². The summed E-state index contributed by atoms with van der Waals surface area (Å²) in [5, 5.41) is 8.30. The molecule has 0 aliphatic heterocycles. The van der Waals surface area contributed by atoms with E-state index < -0.39 is 0 Å². The summed E-state index contributed by atoms with van der Waals surface area (Å²) in [6, 6.07) is 11.1. The van der Waals surface area contributed by atoms with E-state index in [1.807, 2.05) is 18.2 Å². The summed E-state index contributed by atoms with van der Waals surface area (Å²) in [4.78, 5) is 16.2. The molecule has 6 nitrogen and oxygen atoms in total. The second-order valence-electron chi connectivity index (χ2n) is 4.97. The molecule has 2 aromatic heterocycles. The van der Waals surface area contributed by atoms with Crippen molar-refractivity contribution in [3.05, 3.63) is 60.2 Å². The summed E-state index contributed by atoms with van der Waals surface area (Å²) in [6.07, 6.45) is 1.79. The second-order valence-corrected chi connectivity index (χ2v) is 4.97. The standard InChI is InChI=1S/C17H15FN4O2/c1-2-24-16(23)11-14-17(22-10-4-3-5-15(22)19-14)21-20-13-8-6-12(18)7-9-13/h3-10H,2,11H2,1H3. The number of hydrogen-bond donors (Lipinski definition) is 0. The van der Waals surface area contributed by atoms with E-state index in [1.165, 1.54) is 24.3 Å². The largest absolute Gasteiger partial charge is 0.466 e. The Bertz CT molecular complexity index is 887. The van der Waals surface area contributed by atoms with Gasteiger partial charge < -0.3 is 4.74 Å². The fourth-order valence-corrected chi connectivity index (χ4v) is 2.22. The first-order chi connectivity index (χ1) is 11.7. The molecule has 3 rings (SSSR count). The molecule has 24 heavy (non-hydrogen) atoms. The highest BCUT2D eigenvalue weighted by Gasteiger charge is 2.15. The number of halogens is 1. The van der Waals surface area contributed by atoms with Crippen LogP contribution < -0.4 is 0 Å². The first-order valence-electron chi connectivity index (χ1n) is 7.46. The highest BCUT2D eigenvalue weighted by atomic mass is 19.1. The molecular formula is C17H15FN4O2. The molecule has 0 radical (unpaired) electrons. The molecule has 0 saturated heterocycles. The average Bonchev–Trinajstić information content (AvgIpc) is 2.92. The van der Waals surface area contributed by atoms with Crippen LogP contribution in [0.5, 0.6) is 0 Å². The van der Waals surface area contributed by atoms with Gasteiger partial charge in [-0.3, -0.25) is 9.20 Å². The van der Waals surface area contributed by atoms with Gasteiger partial charge in [0, 0.05) is 6.20 Å². The van der Waals surface area contributed by atoms with Crippen LogP contribution in [-0.4, -0.2) is 22.0 Å². The van der Waals surface area contributed by atoms with Crippen molar-refractivity contribution >= 4 is 23.1 Å². The summed E-state index contributed by atoms with van der Waals surface area (Å²) in [7, 11) is 0. The van der Waals surface area contributed by atoms with Gasteiger partial charge in [-0.15, -0.1) is 10.2 Å². The number of ether oxygens (including phenoxy) is 1. The number of nitrogens with zero attached hydrogens (tertiary/aromatic N) is 4. The van der Waals surface area contributed by atoms with E-state index in [2.05, 4.69) is 15.2 Å². The Morgan fingerprint density at radius 1 is 1.21 bits per heavy atom. The molecule has 0 saturated carbocycles. The highest BCUT2D eigenvalue weighted by molar-refractivity contribution is 5.74. The van der Waals surface area contributed by atoms with Gasteiger partial charge in [-0.25, -0.2) is 9.37 Å². The maximum absolute atomic E-state index is 13.0. The first kappa shape index (κ1) is 15.8. The van der Waals surface area contributed by atoms with Gasteiger partial charge in [0.1, 0.15) is 11.5 Å². The molecule has 0 unspecified atom stereocenters. The molecule has 0 N–H and O–H groups in total. The van der Waals surface area contributed by atoms with E-state index in [1.54, 1.807) is 17.5 Å². The quantitative estimate of drug-likeness (QED) is 0.526. The number of imidazole rings is 1. The fourth-order valence-electron chi connectivity index (χ4n) is 2.22. The number of azo groups is 1. The van der Waals surface area contributed by atoms with E-state index in [9.17, 15) is 9.18 Å². The molecule has 122 valence electrons. The van der Waals surface area contributed by atoms with Crippen LogP contribution in [0.25, 0.3) is 5.65 Å². The molecule has 2 heterocycles. The number of fused-ring (bicyclic) bond motifs is 1. The topological polar surface area (TPSA) is 68.3 Å². The summed E-state index contributed by atoms with van der Waals surface area (Å²) in [5.74, 6) is -0.270. The van der Waals surface area contributed by atoms with Crippen LogP contribution in [0, 0.1) is 5.82 Å². The summed E-state index contributed by atoms with van der Waals surface area (Å²) < 4.78 is 19.7. The third-order valence-electron chi connectivity index (χ3n) is 3.28. The zero-order valence-electron chi connectivity index (χ0n) is 13.0. The van der Waals surface area contributed by atoms with Gasteiger partial charge in [-0.05, 0) is 43.3 Å². The number of carbonyl (C=O) groups excluding carboxylic acids is 1. The van der Waals surface area contributed by atoms with Crippen molar-refractivity contribution in [1.29, 1.82) is 0 Å². The van der Waals surface area contributed by atoms with E-state index in [-0.39, 0.29) is 18.2 Å². The Kier molecular flexibility index (Phi) is 4.60. The number of aromatic nitrogens is 2. The van der Waals surface area contributed by atoms with E-state index >= 15 is 0 Å². The van der Waals surface area contributed by atoms with Gasteiger partial charge in [-0.1, -0.05) is 6.07 Å². The normalized spacial score (nSPS) is 11.2. The molecule has 0 aliphatic carbocycles. The Morgan fingerprint density at radius 2 is 2.00 bits per heavy atom. The van der Waals surface area contributed by atoms with E-state index in [0.717, 1.165) is 0 Å².